The summed E-state index contributed by atoms with van der Waals surface area (Å²) in [5.41, 5.74) is 2.08. The molecule has 0 radical (unpaired) electrons. The Hall–Kier alpha value is -1.13. The molecule has 138 valence electrons. The number of likely N-dealkylation sites (tertiary alicyclic amines) is 1. The second-order valence-electron chi connectivity index (χ2n) is 6.92. The van der Waals surface area contributed by atoms with E-state index < -0.39 is 0 Å². The zero-order valence-corrected chi connectivity index (χ0v) is 16.9. The average Bonchev–Trinajstić information content (AvgIpc) is 2.56. The number of nitrogens with zero attached hydrogens (tertiary/aromatic N) is 2. The van der Waals surface area contributed by atoms with E-state index in [1.807, 2.05) is 18.2 Å². The number of carbonyl (C=O) groups excluding carboxylic acids is 1. The van der Waals surface area contributed by atoms with Crippen molar-refractivity contribution in [2.75, 3.05) is 20.1 Å². The van der Waals surface area contributed by atoms with Gasteiger partial charge in [-0.25, -0.2) is 0 Å². The van der Waals surface area contributed by atoms with E-state index in [4.69, 9.17) is 34.8 Å². The van der Waals surface area contributed by atoms with Crippen molar-refractivity contribution in [3.05, 3.63) is 62.4 Å². The summed E-state index contributed by atoms with van der Waals surface area (Å²) in [5.74, 6) is 0.505. The first-order valence-electron chi connectivity index (χ1n) is 8.73. The molecule has 0 atom stereocenters. The van der Waals surface area contributed by atoms with E-state index in [1.165, 1.54) is 25.0 Å². The van der Waals surface area contributed by atoms with Gasteiger partial charge in [0.15, 0.2) is 5.78 Å². The largest absolute Gasteiger partial charge is 0.306 e. The lowest BCUT2D eigenvalue weighted by molar-refractivity contribution is 0.0992. The molecule has 3 rings (SSSR count). The van der Waals surface area contributed by atoms with Gasteiger partial charge in [0.1, 0.15) is 0 Å². The van der Waals surface area contributed by atoms with Crippen LogP contribution < -0.4 is 0 Å². The lowest BCUT2D eigenvalue weighted by Gasteiger charge is -2.28. The van der Waals surface area contributed by atoms with Crippen LogP contribution in [0.25, 0.3) is 0 Å². The van der Waals surface area contributed by atoms with Crippen LogP contribution in [-0.4, -0.2) is 35.8 Å². The first kappa shape index (κ1) is 19.6. The number of carbonyl (C=O) groups is 1. The van der Waals surface area contributed by atoms with E-state index in [9.17, 15) is 4.79 Å². The van der Waals surface area contributed by atoms with Crippen molar-refractivity contribution in [1.82, 2.24) is 9.88 Å². The van der Waals surface area contributed by atoms with Gasteiger partial charge in [-0.05, 0) is 69.6 Å². The van der Waals surface area contributed by atoms with E-state index in [0.29, 0.717) is 16.5 Å². The Bertz CT molecular complexity index is 778. The molecule has 0 bridgehead atoms. The summed E-state index contributed by atoms with van der Waals surface area (Å²) in [6, 6.07) is 8.94. The van der Waals surface area contributed by atoms with Crippen LogP contribution in [0.5, 0.6) is 0 Å². The van der Waals surface area contributed by atoms with Crippen LogP contribution in [0.1, 0.15) is 34.6 Å². The highest BCUT2D eigenvalue weighted by molar-refractivity contribution is 6.42. The van der Waals surface area contributed by atoms with Gasteiger partial charge in [0.25, 0.3) is 0 Å². The summed E-state index contributed by atoms with van der Waals surface area (Å²) < 4.78 is 0. The molecule has 1 aromatic heterocycles. The van der Waals surface area contributed by atoms with Gasteiger partial charge in [-0.15, -0.1) is 0 Å². The maximum atomic E-state index is 12.6. The molecule has 3 nitrogen and oxygen atoms in total. The average molecular weight is 412 g/mol. The Kier molecular flexibility index (Phi) is 6.57. The number of aromatic nitrogens is 1. The van der Waals surface area contributed by atoms with Crippen LogP contribution in [0.2, 0.25) is 15.1 Å². The Labute approximate surface area is 169 Å². The minimum Gasteiger partial charge on any atom is -0.306 e. The van der Waals surface area contributed by atoms with Crippen LogP contribution in [0.4, 0.5) is 0 Å². The van der Waals surface area contributed by atoms with Crippen LogP contribution in [0.3, 0.4) is 0 Å². The molecule has 2 heterocycles. The minimum absolute atomic E-state index is 0.152. The highest BCUT2D eigenvalue weighted by Crippen LogP contribution is 2.30. The summed E-state index contributed by atoms with van der Waals surface area (Å²) in [4.78, 5) is 19.7. The Morgan fingerprint density at radius 1 is 1.12 bits per heavy atom. The number of hydrogen-bond acceptors (Lipinski definition) is 3. The molecular weight excluding hydrogens is 391 g/mol. The molecule has 26 heavy (non-hydrogen) atoms. The van der Waals surface area contributed by atoms with Crippen molar-refractivity contribution >= 4 is 40.6 Å². The zero-order valence-electron chi connectivity index (χ0n) is 14.6. The zero-order chi connectivity index (χ0) is 18.7. The lowest BCUT2D eigenvalue weighted by atomic mass is 9.92. The van der Waals surface area contributed by atoms with Gasteiger partial charge in [-0.3, -0.25) is 9.78 Å². The van der Waals surface area contributed by atoms with Crippen molar-refractivity contribution in [2.24, 2.45) is 5.92 Å². The smallest absolute Gasteiger partial charge is 0.171 e. The van der Waals surface area contributed by atoms with Gasteiger partial charge in [0, 0.05) is 16.4 Å². The minimum atomic E-state index is -0.152. The molecule has 1 saturated heterocycles. The molecule has 0 N–H and O–H groups in total. The summed E-state index contributed by atoms with van der Waals surface area (Å²) in [7, 11) is 2.16. The molecule has 1 fully saturated rings. The van der Waals surface area contributed by atoms with Crippen LogP contribution in [0, 0.1) is 5.92 Å². The Morgan fingerprint density at radius 2 is 1.73 bits per heavy atom. The number of hydrogen-bond donors (Lipinski definition) is 0. The summed E-state index contributed by atoms with van der Waals surface area (Å²) in [6.07, 6.45) is 3.51. The number of pyridine rings is 1. The fraction of sp³-hybridized carbons (Fsp3) is 0.400. The monoisotopic (exact) mass is 410 g/mol. The quantitative estimate of drug-likeness (QED) is 0.622. The van der Waals surface area contributed by atoms with Gasteiger partial charge in [-0.1, -0.05) is 40.9 Å². The van der Waals surface area contributed by atoms with Crippen molar-refractivity contribution in [1.29, 1.82) is 0 Å². The number of piperidine rings is 1. The number of ketones is 1. The van der Waals surface area contributed by atoms with E-state index >= 15 is 0 Å². The topological polar surface area (TPSA) is 33.2 Å². The molecule has 0 amide bonds. The second kappa shape index (κ2) is 8.71. The van der Waals surface area contributed by atoms with Gasteiger partial charge >= 0.3 is 0 Å². The summed E-state index contributed by atoms with van der Waals surface area (Å²) in [6.45, 7) is 2.27. The molecule has 6 heteroatoms. The van der Waals surface area contributed by atoms with Gasteiger partial charge in [0.05, 0.1) is 22.0 Å². The number of Topliss-reactive ketones (excluding diaryl/α,β-unsaturated/α-hetero) is 1. The molecular formula is C20H21Cl3N2O. The predicted octanol–water partition coefficient (Wildman–Crippen LogP) is 5.35. The van der Waals surface area contributed by atoms with Crippen molar-refractivity contribution in [2.45, 2.75) is 25.7 Å². The Balaban J connectivity index is 1.70. The molecule has 2 aromatic rings. The first-order valence-corrected chi connectivity index (χ1v) is 9.87. The molecule has 1 aliphatic rings. The third-order valence-corrected chi connectivity index (χ3v) is 5.64. The lowest BCUT2D eigenvalue weighted by Crippen LogP contribution is -2.31. The molecule has 0 unspecified atom stereocenters. The molecule has 0 saturated carbocycles. The number of rotatable bonds is 5. The van der Waals surface area contributed by atoms with Crippen molar-refractivity contribution < 1.29 is 4.79 Å². The third kappa shape index (κ3) is 4.98. The van der Waals surface area contributed by atoms with E-state index in [1.54, 1.807) is 0 Å². The summed E-state index contributed by atoms with van der Waals surface area (Å²) >= 11 is 18.2. The highest BCUT2D eigenvalue weighted by atomic mass is 35.5. The Morgan fingerprint density at radius 3 is 2.38 bits per heavy atom. The van der Waals surface area contributed by atoms with E-state index in [-0.39, 0.29) is 22.2 Å². The van der Waals surface area contributed by atoms with Crippen LogP contribution >= 0.6 is 34.8 Å². The molecule has 0 spiro atoms. The number of halogens is 3. The number of benzene rings is 1. The fourth-order valence-corrected chi connectivity index (χ4v) is 4.39. The maximum absolute atomic E-state index is 12.6. The summed E-state index contributed by atoms with van der Waals surface area (Å²) in [5, 5.41) is 0.958. The standard InChI is InChI=1S/C20H21Cl3N2O/c1-25-7-5-13(6-8-25)9-15-3-2-4-16(24-15)12-19(26)20-17(22)10-14(21)11-18(20)23/h2-4,10-11,13H,5-9,12H2,1H3. The normalized spacial score (nSPS) is 16.0. The fourth-order valence-electron chi connectivity index (χ4n) is 3.36. The van der Waals surface area contributed by atoms with E-state index in [2.05, 4.69) is 16.9 Å². The van der Waals surface area contributed by atoms with Crippen molar-refractivity contribution in [3.8, 4) is 0 Å². The first-order chi connectivity index (χ1) is 12.4. The third-order valence-electron chi connectivity index (χ3n) is 4.83. The predicted molar refractivity (Wildman–Crippen MR) is 108 cm³/mol. The van der Waals surface area contributed by atoms with Gasteiger partial charge in [0.2, 0.25) is 0 Å². The van der Waals surface area contributed by atoms with Crippen molar-refractivity contribution in [3.63, 3.8) is 0 Å². The van der Waals surface area contributed by atoms with Gasteiger partial charge in [-0.2, -0.15) is 0 Å². The SMILES string of the molecule is CN1CCC(Cc2cccc(CC(=O)c3c(Cl)cc(Cl)cc3Cl)n2)CC1. The van der Waals surface area contributed by atoms with Crippen LogP contribution in [-0.2, 0) is 12.8 Å². The van der Waals surface area contributed by atoms with E-state index in [0.717, 1.165) is 30.9 Å². The van der Waals surface area contributed by atoms with Gasteiger partial charge < -0.3 is 4.90 Å². The maximum Gasteiger partial charge on any atom is 0.171 e. The molecule has 1 aromatic carbocycles. The molecule has 1 aliphatic heterocycles. The molecule has 0 aliphatic carbocycles. The second-order valence-corrected chi connectivity index (χ2v) is 8.17. The highest BCUT2D eigenvalue weighted by Gasteiger charge is 2.19. The van der Waals surface area contributed by atoms with Crippen LogP contribution in [0.15, 0.2) is 30.3 Å².